The summed E-state index contributed by atoms with van der Waals surface area (Å²) in [6.07, 6.45) is 0. The Morgan fingerprint density at radius 3 is 2.46 bits per heavy atom. The highest BCUT2D eigenvalue weighted by Crippen LogP contribution is 2.29. The van der Waals surface area contributed by atoms with E-state index >= 15 is 0 Å². The van der Waals surface area contributed by atoms with E-state index in [-0.39, 0.29) is 6.03 Å². The van der Waals surface area contributed by atoms with Gasteiger partial charge in [-0.3, -0.25) is 0 Å². The van der Waals surface area contributed by atoms with E-state index < -0.39 is 0 Å². The smallest absolute Gasteiger partial charge is 0.317 e. The summed E-state index contributed by atoms with van der Waals surface area (Å²) in [5.41, 5.74) is 4.61. The predicted molar refractivity (Wildman–Crippen MR) is 115 cm³/mol. The lowest BCUT2D eigenvalue weighted by Crippen LogP contribution is -2.52. The number of urea groups is 1. The molecule has 0 unspecified atom stereocenters. The number of amides is 2. The van der Waals surface area contributed by atoms with Gasteiger partial charge in [-0.15, -0.1) is 0 Å². The predicted octanol–water partition coefficient (Wildman–Crippen LogP) is 4.06. The lowest BCUT2D eigenvalue weighted by Gasteiger charge is -2.35. The number of piperazine rings is 1. The molecule has 1 aliphatic heterocycles. The molecule has 0 saturated carbocycles. The van der Waals surface area contributed by atoms with Gasteiger partial charge in [-0.2, -0.15) is 0 Å². The Morgan fingerprint density at radius 2 is 1.75 bits per heavy atom. The molecule has 28 heavy (non-hydrogen) atoms. The fraction of sp³-hybridized carbons (Fsp3) is 0.304. The molecule has 0 bridgehead atoms. The summed E-state index contributed by atoms with van der Waals surface area (Å²) >= 11 is 0. The summed E-state index contributed by atoms with van der Waals surface area (Å²) in [5, 5.41) is 4.02. The minimum atomic E-state index is 0.0234. The van der Waals surface area contributed by atoms with Crippen LogP contribution in [0.15, 0.2) is 54.6 Å². The van der Waals surface area contributed by atoms with Gasteiger partial charge in [-0.25, -0.2) is 9.78 Å². The van der Waals surface area contributed by atoms with Crippen LogP contribution in [0.2, 0.25) is 0 Å². The molecule has 2 amide bonds. The molecular weight excluding hydrogens is 348 g/mol. The maximum atomic E-state index is 12.0. The number of nitrogens with zero attached hydrogens (tertiary/aromatic N) is 3. The van der Waals surface area contributed by atoms with Crippen LogP contribution in [0.5, 0.6) is 0 Å². The number of anilines is 1. The Hall–Kier alpha value is -3.08. The fourth-order valence-electron chi connectivity index (χ4n) is 3.68. The molecule has 0 radical (unpaired) electrons. The number of pyridine rings is 1. The van der Waals surface area contributed by atoms with E-state index in [1.165, 1.54) is 11.1 Å². The van der Waals surface area contributed by atoms with Crippen LogP contribution >= 0.6 is 0 Å². The van der Waals surface area contributed by atoms with Crippen LogP contribution in [0.3, 0.4) is 0 Å². The van der Waals surface area contributed by atoms with E-state index in [1.54, 1.807) is 0 Å². The van der Waals surface area contributed by atoms with Gasteiger partial charge in [0.15, 0.2) is 0 Å². The molecule has 3 aromatic rings. The van der Waals surface area contributed by atoms with Crippen molar-refractivity contribution in [2.75, 3.05) is 37.6 Å². The van der Waals surface area contributed by atoms with Gasteiger partial charge < -0.3 is 15.1 Å². The lowest BCUT2D eigenvalue weighted by atomic mass is 10.0. The Morgan fingerprint density at radius 1 is 1.00 bits per heavy atom. The number of carbonyl (C=O) groups is 1. The summed E-state index contributed by atoms with van der Waals surface area (Å²) in [7, 11) is 0. The van der Waals surface area contributed by atoms with Crippen LogP contribution in [-0.4, -0.2) is 48.6 Å². The van der Waals surface area contributed by atoms with Gasteiger partial charge in [0.1, 0.15) is 5.82 Å². The number of hydrogen-bond acceptors (Lipinski definition) is 3. The zero-order valence-corrected chi connectivity index (χ0v) is 16.5. The maximum Gasteiger partial charge on any atom is 0.317 e. The number of aryl methyl sites for hydroxylation is 1. The minimum absolute atomic E-state index is 0.0234. The van der Waals surface area contributed by atoms with Crippen LogP contribution in [0, 0.1) is 6.92 Å². The summed E-state index contributed by atoms with van der Waals surface area (Å²) in [6, 6.07) is 19.2. The molecule has 1 saturated heterocycles. The minimum Gasteiger partial charge on any atom is -0.353 e. The average molecular weight is 374 g/mol. The molecule has 5 heteroatoms. The first-order valence-corrected chi connectivity index (χ1v) is 9.90. The van der Waals surface area contributed by atoms with Crippen molar-refractivity contribution in [1.29, 1.82) is 0 Å². The van der Waals surface area contributed by atoms with Gasteiger partial charge in [0, 0.05) is 43.7 Å². The highest BCUT2D eigenvalue weighted by molar-refractivity contribution is 5.94. The quantitative estimate of drug-likeness (QED) is 0.752. The Kier molecular flexibility index (Phi) is 5.15. The average Bonchev–Trinajstić information content (AvgIpc) is 2.74. The number of nitrogens with one attached hydrogen (secondary N) is 1. The van der Waals surface area contributed by atoms with Crippen LogP contribution in [0.4, 0.5) is 10.6 Å². The second-order valence-electron chi connectivity index (χ2n) is 7.22. The summed E-state index contributed by atoms with van der Waals surface area (Å²) in [5.74, 6) is 0.975. The van der Waals surface area contributed by atoms with Gasteiger partial charge >= 0.3 is 6.03 Å². The van der Waals surface area contributed by atoms with Gasteiger partial charge in [-0.1, -0.05) is 48.0 Å². The van der Waals surface area contributed by atoms with Crippen molar-refractivity contribution in [3.63, 3.8) is 0 Å². The first-order chi connectivity index (χ1) is 13.7. The number of rotatable bonds is 3. The molecule has 0 spiro atoms. The number of hydrogen-bond donors (Lipinski definition) is 1. The van der Waals surface area contributed by atoms with Crippen LogP contribution in [-0.2, 0) is 0 Å². The van der Waals surface area contributed by atoms with Crippen LogP contribution in [0.25, 0.3) is 22.0 Å². The monoisotopic (exact) mass is 374 g/mol. The third kappa shape index (κ3) is 3.65. The van der Waals surface area contributed by atoms with Gasteiger partial charge in [-0.05, 0) is 31.5 Å². The SMILES string of the molecule is CCNC(=O)N1CCN(c2ccc3cccc(-c4ccc(C)cc4)c3n2)CC1. The number of benzene rings is 2. The van der Waals surface area contributed by atoms with Crippen molar-refractivity contribution in [1.82, 2.24) is 15.2 Å². The fourth-order valence-corrected chi connectivity index (χ4v) is 3.68. The molecule has 144 valence electrons. The highest BCUT2D eigenvalue weighted by Gasteiger charge is 2.21. The number of fused-ring (bicyclic) bond motifs is 1. The zero-order chi connectivity index (χ0) is 19.5. The summed E-state index contributed by atoms with van der Waals surface area (Å²) in [6.45, 7) is 7.72. The normalized spacial score (nSPS) is 14.4. The first-order valence-electron chi connectivity index (χ1n) is 9.90. The van der Waals surface area contributed by atoms with E-state index in [0.29, 0.717) is 19.6 Å². The molecule has 2 aromatic carbocycles. The first kappa shape index (κ1) is 18.3. The van der Waals surface area contributed by atoms with E-state index in [0.717, 1.165) is 35.4 Å². The molecule has 0 aliphatic carbocycles. The van der Waals surface area contributed by atoms with E-state index in [9.17, 15) is 4.79 Å². The third-order valence-corrected chi connectivity index (χ3v) is 5.29. The standard InChI is InChI=1S/C23H26N4O/c1-3-24-23(28)27-15-13-26(14-16-27)21-12-11-19-5-4-6-20(22(19)25-21)18-9-7-17(2)8-10-18/h4-12H,3,13-16H2,1-2H3,(H,24,28). The molecule has 1 aliphatic rings. The van der Waals surface area contributed by atoms with Crippen molar-refractivity contribution < 1.29 is 4.79 Å². The van der Waals surface area contributed by atoms with Crippen LogP contribution in [0.1, 0.15) is 12.5 Å². The summed E-state index contributed by atoms with van der Waals surface area (Å²) < 4.78 is 0. The molecular formula is C23H26N4O. The van der Waals surface area contributed by atoms with E-state index in [2.05, 4.69) is 71.7 Å². The van der Waals surface area contributed by atoms with Gasteiger partial charge in [0.2, 0.25) is 0 Å². The van der Waals surface area contributed by atoms with Gasteiger partial charge in [0.25, 0.3) is 0 Å². The van der Waals surface area contributed by atoms with Crippen molar-refractivity contribution in [2.45, 2.75) is 13.8 Å². The second kappa shape index (κ2) is 7.89. The molecule has 2 heterocycles. The Labute approximate surface area is 166 Å². The van der Waals surface area contributed by atoms with E-state index in [4.69, 9.17) is 4.98 Å². The Balaban J connectivity index is 1.60. The zero-order valence-electron chi connectivity index (χ0n) is 16.5. The molecule has 1 N–H and O–H groups in total. The van der Waals surface area contributed by atoms with Crippen LogP contribution < -0.4 is 10.2 Å². The molecule has 1 aromatic heterocycles. The summed E-state index contributed by atoms with van der Waals surface area (Å²) in [4.78, 5) is 21.2. The molecule has 1 fully saturated rings. The largest absolute Gasteiger partial charge is 0.353 e. The van der Waals surface area contributed by atoms with Crippen molar-refractivity contribution in [3.8, 4) is 11.1 Å². The molecule has 0 atom stereocenters. The number of carbonyl (C=O) groups excluding carboxylic acids is 1. The van der Waals surface area contributed by atoms with Crippen molar-refractivity contribution in [3.05, 3.63) is 60.2 Å². The number of para-hydroxylation sites is 1. The van der Waals surface area contributed by atoms with Gasteiger partial charge in [0.05, 0.1) is 5.52 Å². The maximum absolute atomic E-state index is 12.0. The topological polar surface area (TPSA) is 48.5 Å². The second-order valence-corrected chi connectivity index (χ2v) is 7.22. The molecule has 5 nitrogen and oxygen atoms in total. The number of aromatic nitrogens is 1. The highest BCUT2D eigenvalue weighted by atomic mass is 16.2. The van der Waals surface area contributed by atoms with Crippen molar-refractivity contribution >= 4 is 22.8 Å². The molecule has 4 rings (SSSR count). The lowest BCUT2D eigenvalue weighted by molar-refractivity contribution is 0.195. The van der Waals surface area contributed by atoms with Crippen molar-refractivity contribution in [2.24, 2.45) is 0 Å². The third-order valence-electron chi connectivity index (χ3n) is 5.29. The van der Waals surface area contributed by atoms with E-state index in [1.807, 2.05) is 11.8 Å². The Bertz CT molecular complexity index is 976.